The van der Waals surface area contributed by atoms with E-state index in [1.807, 2.05) is 12.1 Å². The van der Waals surface area contributed by atoms with Crippen LogP contribution in [0.2, 0.25) is 0 Å². The molecule has 1 atom stereocenters. The second-order valence-corrected chi connectivity index (χ2v) is 6.84. The SMILES string of the molecule is N#CCCN(C(=O)COC(=O)c1ccc(OC[C@@H]2CCCO2)cc1)c1ccccc1. The molecule has 3 rings (SSSR count). The van der Waals surface area contributed by atoms with E-state index in [1.165, 1.54) is 4.90 Å². The van der Waals surface area contributed by atoms with Crippen LogP contribution in [0.25, 0.3) is 0 Å². The Bertz CT molecular complexity index is 871. The number of nitriles is 1. The summed E-state index contributed by atoms with van der Waals surface area (Å²) < 4.78 is 16.4. The number of hydrogen-bond donors (Lipinski definition) is 0. The molecule has 2 aromatic carbocycles. The Labute approximate surface area is 175 Å². The van der Waals surface area contributed by atoms with Crippen LogP contribution in [0.5, 0.6) is 5.75 Å². The molecule has 1 aliphatic rings. The van der Waals surface area contributed by atoms with E-state index in [0.29, 0.717) is 23.6 Å². The smallest absolute Gasteiger partial charge is 0.338 e. The second-order valence-electron chi connectivity index (χ2n) is 6.84. The van der Waals surface area contributed by atoms with Gasteiger partial charge in [-0.1, -0.05) is 18.2 Å². The Morgan fingerprint density at radius 2 is 1.90 bits per heavy atom. The molecule has 30 heavy (non-hydrogen) atoms. The molecule has 0 unspecified atom stereocenters. The summed E-state index contributed by atoms with van der Waals surface area (Å²) in [5.74, 6) is -0.339. The highest BCUT2D eigenvalue weighted by Gasteiger charge is 2.19. The summed E-state index contributed by atoms with van der Waals surface area (Å²) in [5, 5.41) is 8.84. The molecule has 1 amide bonds. The lowest BCUT2D eigenvalue weighted by atomic mass is 10.2. The molecule has 156 valence electrons. The molecule has 2 aromatic rings. The molecular weight excluding hydrogens is 384 g/mol. The van der Waals surface area contributed by atoms with Crippen molar-refractivity contribution in [1.82, 2.24) is 0 Å². The maximum atomic E-state index is 12.6. The highest BCUT2D eigenvalue weighted by atomic mass is 16.5. The largest absolute Gasteiger partial charge is 0.491 e. The molecular formula is C23H24N2O5. The monoisotopic (exact) mass is 408 g/mol. The number of carbonyl (C=O) groups is 2. The number of benzene rings is 2. The summed E-state index contributed by atoms with van der Waals surface area (Å²) in [6.45, 7) is 1.08. The third-order valence-electron chi connectivity index (χ3n) is 4.69. The number of carbonyl (C=O) groups excluding carboxylic acids is 2. The number of ether oxygens (including phenoxy) is 3. The van der Waals surface area contributed by atoms with E-state index in [-0.39, 0.29) is 25.0 Å². The lowest BCUT2D eigenvalue weighted by Gasteiger charge is -2.21. The Kier molecular flexibility index (Phi) is 7.81. The zero-order valence-corrected chi connectivity index (χ0v) is 16.7. The summed E-state index contributed by atoms with van der Waals surface area (Å²) in [4.78, 5) is 26.3. The van der Waals surface area contributed by atoms with Crippen molar-refractivity contribution in [2.75, 3.05) is 31.3 Å². The van der Waals surface area contributed by atoms with Gasteiger partial charge >= 0.3 is 5.97 Å². The number of para-hydroxylation sites is 1. The summed E-state index contributed by atoms with van der Waals surface area (Å²) in [7, 11) is 0. The van der Waals surface area contributed by atoms with Crippen molar-refractivity contribution in [2.45, 2.75) is 25.4 Å². The number of amides is 1. The van der Waals surface area contributed by atoms with Crippen LogP contribution in [0, 0.1) is 11.3 Å². The van der Waals surface area contributed by atoms with Crippen LogP contribution in [-0.4, -0.2) is 44.3 Å². The lowest BCUT2D eigenvalue weighted by Crippen LogP contribution is -2.35. The van der Waals surface area contributed by atoms with Crippen molar-refractivity contribution in [1.29, 1.82) is 5.26 Å². The fourth-order valence-corrected chi connectivity index (χ4v) is 3.11. The predicted octanol–water partition coefficient (Wildman–Crippen LogP) is 3.35. The van der Waals surface area contributed by atoms with Gasteiger partial charge in [-0.15, -0.1) is 0 Å². The molecule has 0 radical (unpaired) electrons. The minimum atomic E-state index is -0.595. The van der Waals surface area contributed by atoms with E-state index >= 15 is 0 Å². The normalized spacial score (nSPS) is 15.2. The number of rotatable bonds is 9. The van der Waals surface area contributed by atoms with Gasteiger partial charge in [-0.25, -0.2) is 4.79 Å². The molecule has 0 aromatic heterocycles. The molecule has 7 heteroatoms. The number of hydrogen-bond acceptors (Lipinski definition) is 6. The van der Waals surface area contributed by atoms with Gasteiger partial charge in [0.1, 0.15) is 12.4 Å². The Balaban J connectivity index is 1.51. The first-order chi connectivity index (χ1) is 14.7. The Morgan fingerprint density at radius 1 is 1.13 bits per heavy atom. The highest BCUT2D eigenvalue weighted by Crippen LogP contribution is 2.18. The molecule has 0 bridgehead atoms. The van der Waals surface area contributed by atoms with E-state index in [2.05, 4.69) is 0 Å². The average molecular weight is 408 g/mol. The van der Waals surface area contributed by atoms with Crippen LogP contribution in [0.4, 0.5) is 5.69 Å². The number of esters is 1. The van der Waals surface area contributed by atoms with Crippen molar-refractivity contribution < 1.29 is 23.8 Å². The van der Waals surface area contributed by atoms with Crippen LogP contribution in [-0.2, 0) is 14.3 Å². The van der Waals surface area contributed by atoms with Crippen molar-refractivity contribution >= 4 is 17.6 Å². The summed E-state index contributed by atoms with van der Waals surface area (Å²) in [6, 6.07) is 17.6. The average Bonchev–Trinajstić information content (AvgIpc) is 3.31. The van der Waals surface area contributed by atoms with Crippen molar-refractivity contribution in [3.8, 4) is 11.8 Å². The summed E-state index contributed by atoms with van der Waals surface area (Å²) in [6.07, 6.45) is 2.35. The van der Waals surface area contributed by atoms with Gasteiger partial charge in [0.25, 0.3) is 5.91 Å². The molecule has 1 heterocycles. The molecule has 7 nitrogen and oxygen atoms in total. The minimum Gasteiger partial charge on any atom is -0.491 e. The van der Waals surface area contributed by atoms with Gasteiger partial charge < -0.3 is 19.1 Å². The van der Waals surface area contributed by atoms with Gasteiger partial charge in [0, 0.05) is 18.8 Å². The molecule has 1 saturated heterocycles. The van der Waals surface area contributed by atoms with E-state index in [9.17, 15) is 9.59 Å². The van der Waals surface area contributed by atoms with Gasteiger partial charge in [-0.2, -0.15) is 5.26 Å². The van der Waals surface area contributed by atoms with Crippen molar-refractivity contribution in [3.63, 3.8) is 0 Å². The highest BCUT2D eigenvalue weighted by molar-refractivity contribution is 5.97. The van der Waals surface area contributed by atoms with Gasteiger partial charge in [0.2, 0.25) is 0 Å². The van der Waals surface area contributed by atoms with E-state index < -0.39 is 12.6 Å². The first kappa shape index (κ1) is 21.3. The van der Waals surface area contributed by atoms with Gasteiger partial charge in [-0.3, -0.25) is 4.79 Å². The van der Waals surface area contributed by atoms with Gasteiger partial charge in [0.15, 0.2) is 6.61 Å². The van der Waals surface area contributed by atoms with Crippen molar-refractivity contribution in [2.24, 2.45) is 0 Å². The molecule has 1 aliphatic heterocycles. The molecule has 0 spiro atoms. The van der Waals surface area contributed by atoms with E-state index in [4.69, 9.17) is 19.5 Å². The third-order valence-corrected chi connectivity index (χ3v) is 4.69. The van der Waals surface area contributed by atoms with Gasteiger partial charge in [0.05, 0.1) is 24.2 Å². The lowest BCUT2D eigenvalue weighted by molar-refractivity contribution is -0.121. The zero-order chi connectivity index (χ0) is 21.2. The maximum absolute atomic E-state index is 12.6. The Hall–Kier alpha value is -3.37. The molecule has 0 N–H and O–H groups in total. The van der Waals surface area contributed by atoms with E-state index in [1.54, 1.807) is 48.5 Å². The van der Waals surface area contributed by atoms with Crippen LogP contribution in [0.1, 0.15) is 29.6 Å². The van der Waals surface area contributed by atoms with Crippen LogP contribution in [0.15, 0.2) is 54.6 Å². The summed E-state index contributed by atoms with van der Waals surface area (Å²) >= 11 is 0. The maximum Gasteiger partial charge on any atom is 0.338 e. The van der Waals surface area contributed by atoms with Crippen LogP contribution in [0.3, 0.4) is 0 Å². The quantitative estimate of drug-likeness (QED) is 0.591. The Morgan fingerprint density at radius 3 is 2.57 bits per heavy atom. The molecule has 1 fully saturated rings. The van der Waals surface area contributed by atoms with Gasteiger partial charge in [-0.05, 0) is 49.2 Å². The molecule has 0 aliphatic carbocycles. The number of nitrogens with zero attached hydrogens (tertiary/aromatic N) is 2. The first-order valence-electron chi connectivity index (χ1n) is 9.91. The first-order valence-corrected chi connectivity index (χ1v) is 9.91. The second kappa shape index (κ2) is 11.0. The zero-order valence-electron chi connectivity index (χ0n) is 16.7. The third kappa shape index (κ3) is 6.06. The van der Waals surface area contributed by atoms with E-state index in [0.717, 1.165) is 19.4 Å². The number of anilines is 1. The summed E-state index contributed by atoms with van der Waals surface area (Å²) in [5.41, 5.74) is 0.983. The minimum absolute atomic E-state index is 0.120. The van der Waals surface area contributed by atoms with Crippen LogP contribution >= 0.6 is 0 Å². The fourth-order valence-electron chi connectivity index (χ4n) is 3.11. The van der Waals surface area contributed by atoms with Crippen molar-refractivity contribution in [3.05, 3.63) is 60.2 Å². The van der Waals surface area contributed by atoms with Crippen LogP contribution < -0.4 is 9.64 Å². The molecule has 0 saturated carbocycles. The predicted molar refractivity (Wildman–Crippen MR) is 110 cm³/mol. The fraction of sp³-hybridized carbons (Fsp3) is 0.348. The standard InChI is InChI=1S/C23H24N2O5/c24-13-5-14-25(19-6-2-1-3-7-19)22(26)17-30-23(27)18-9-11-20(12-10-18)29-16-21-8-4-15-28-21/h1-3,6-7,9-12,21H,4-5,8,14-17H2/t21-/m0/s1. The topological polar surface area (TPSA) is 88.9 Å².